The Morgan fingerprint density at radius 3 is 2.56 bits per heavy atom. The van der Waals surface area contributed by atoms with Crippen LogP contribution < -0.4 is 5.73 Å². The van der Waals surface area contributed by atoms with E-state index in [1.165, 1.54) is 17.4 Å². The third-order valence-corrected chi connectivity index (χ3v) is 3.03. The first-order valence-electron chi connectivity index (χ1n) is 4.81. The largest absolute Gasteiger partial charge is 0.416 e. The lowest BCUT2D eigenvalue weighted by molar-refractivity contribution is -0.137. The molecule has 1 aromatic carbocycles. The molecule has 2 rings (SSSR count). The molecule has 0 spiro atoms. The molecule has 0 radical (unpaired) electrons. The summed E-state index contributed by atoms with van der Waals surface area (Å²) in [6, 6.07) is 5.27. The van der Waals surface area contributed by atoms with E-state index in [1.54, 1.807) is 12.3 Å². The molecule has 0 fully saturated rings. The number of rotatable bonds is 2. The molecule has 0 unspecified atom stereocenters. The number of nitrogens with two attached hydrogens (primary N) is 1. The fourth-order valence-electron chi connectivity index (χ4n) is 1.46. The van der Waals surface area contributed by atoms with E-state index in [0.717, 1.165) is 17.0 Å². The van der Waals surface area contributed by atoms with E-state index in [-0.39, 0.29) is 12.4 Å². The summed E-state index contributed by atoms with van der Waals surface area (Å²) in [6.07, 6.45) is -2.30. The normalized spacial score (nSPS) is 11.1. The maximum absolute atomic E-state index is 12.5. The van der Waals surface area contributed by atoms with Crippen molar-refractivity contribution in [1.82, 2.24) is 4.98 Å². The third kappa shape index (κ3) is 3.61. The smallest absolute Gasteiger partial charge is 0.375 e. The Bertz CT molecular complexity index is 525. The molecule has 0 aliphatic heterocycles. The summed E-state index contributed by atoms with van der Waals surface area (Å²) in [6.45, 7) is 0. The first kappa shape index (κ1) is 14.8. The quantitative estimate of drug-likeness (QED) is 0.916. The second-order valence-corrected chi connectivity index (χ2v) is 4.69. The average molecular weight is 295 g/mol. The molecule has 0 bridgehead atoms. The molecular weight excluding hydrogens is 285 g/mol. The summed E-state index contributed by atoms with van der Waals surface area (Å²) in [5, 5.41) is 0.423. The number of halogens is 4. The van der Waals surface area contributed by atoms with Crippen molar-refractivity contribution in [2.75, 3.05) is 5.73 Å². The Labute approximate surface area is 112 Å². The Hall–Kier alpha value is -1.27. The molecule has 2 nitrogen and oxygen atoms in total. The van der Waals surface area contributed by atoms with Crippen LogP contribution in [0.3, 0.4) is 0 Å². The van der Waals surface area contributed by atoms with E-state index in [4.69, 9.17) is 5.73 Å². The van der Waals surface area contributed by atoms with Gasteiger partial charge in [0.2, 0.25) is 0 Å². The van der Waals surface area contributed by atoms with E-state index in [0.29, 0.717) is 17.1 Å². The van der Waals surface area contributed by atoms with Crippen molar-refractivity contribution in [2.24, 2.45) is 0 Å². The zero-order valence-electron chi connectivity index (χ0n) is 9.07. The van der Waals surface area contributed by atoms with Gasteiger partial charge in [0.15, 0.2) is 5.13 Å². The average Bonchev–Trinajstić information content (AvgIpc) is 2.63. The molecule has 2 N–H and O–H groups in total. The summed E-state index contributed by atoms with van der Waals surface area (Å²) < 4.78 is 37.4. The van der Waals surface area contributed by atoms with Gasteiger partial charge in [-0.1, -0.05) is 18.2 Å². The Kier molecular flexibility index (Phi) is 4.59. The Morgan fingerprint density at radius 1 is 1.28 bits per heavy atom. The van der Waals surface area contributed by atoms with Gasteiger partial charge in [-0.25, -0.2) is 4.98 Å². The molecule has 98 valence electrons. The van der Waals surface area contributed by atoms with Crippen molar-refractivity contribution in [3.05, 3.63) is 46.5 Å². The highest BCUT2D eigenvalue weighted by Gasteiger charge is 2.30. The van der Waals surface area contributed by atoms with Crippen molar-refractivity contribution < 1.29 is 13.2 Å². The van der Waals surface area contributed by atoms with Crippen molar-refractivity contribution in [1.29, 1.82) is 0 Å². The monoisotopic (exact) mass is 294 g/mol. The van der Waals surface area contributed by atoms with Gasteiger partial charge < -0.3 is 5.73 Å². The fourth-order valence-corrected chi connectivity index (χ4v) is 2.18. The number of thiazole rings is 1. The molecule has 18 heavy (non-hydrogen) atoms. The van der Waals surface area contributed by atoms with Gasteiger partial charge in [0, 0.05) is 17.5 Å². The summed E-state index contributed by atoms with van der Waals surface area (Å²) in [5.41, 5.74) is 5.43. The second kappa shape index (κ2) is 5.58. The van der Waals surface area contributed by atoms with Gasteiger partial charge in [-0.05, 0) is 11.6 Å². The summed E-state index contributed by atoms with van der Waals surface area (Å²) in [5.74, 6) is 0. The predicted octanol–water partition coefficient (Wildman–Crippen LogP) is 3.76. The minimum atomic E-state index is -4.30. The van der Waals surface area contributed by atoms with Crippen LogP contribution in [0.15, 0.2) is 30.5 Å². The van der Waals surface area contributed by atoms with E-state index in [9.17, 15) is 13.2 Å². The van der Waals surface area contributed by atoms with E-state index >= 15 is 0 Å². The minimum Gasteiger partial charge on any atom is -0.375 e. The number of nitrogens with zero attached hydrogens (tertiary/aromatic N) is 1. The molecule has 0 amide bonds. The Balaban J connectivity index is 0.00000162. The van der Waals surface area contributed by atoms with Crippen LogP contribution in [0, 0.1) is 0 Å². The second-order valence-electron chi connectivity index (χ2n) is 3.54. The topological polar surface area (TPSA) is 38.9 Å². The fraction of sp³-hybridized carbons (Fsp3) is 0.182. The standard InChI is InChI=1S/C11H9F3N2S.ClH/c12-11(13,14)8-3-1-2-7(4-8)5-9-6-16-10(15)17-9;/h1-4,6H,5H2,(H2,15,16);1H. The lowest BCUT2D eigenvalue weighted by Crippen LogP contribution is -2.05. The minimum absolute atomic E-state index is 0. The molecule has 1 aromatic heterocycles. The maximum atomic E-state index is 12.5. The highest BCUT2D eigenvalue weighted by atomic mass is 35.5. The molecule has 1 heterocycles. The molecule has 7 heteroatoms. The van der Waals surface area contributed by atoms with Crippen molar-refractivity contribution >= 4 is 28.9 Å². The number of hydrogen-bond donors (Lipinski definition) is 1. The zero-order chi connectivity index (χ0) is 12.5. The van der Waals surface area contributed by atoms with Crippen LogP contribution in [-0.2, 0) is 12.6 Å². The third-order valence-electron chi connectivity index (χ3n) is 2.20. The maximum Gasteiger partial charge on any atom is 0.416 e. The first-order valence-corrected chi connectivity index (χ1v) is 5.63. The molecule has 0 aliphatic carbocycles. The number of anilines is 1. The van der Waals surface area contributed by atoms with E-state index < -0.39 is 11.7 Å². The van der Waals surface area contributed by atoms with Gasteiger partial charge in [0.05, 0.1) is 5.56 Å². The molecule has 0 saturated carbocycles. The number of nitrogen functional groups attached to an aromatic ring is 1. The van der Waals surface area contributed by atoms with Crippen molar-refractivity contribution in [2.45, 2.75) is 12.6 Å². The number of benzene rings is 1. The van der Waals surface area contributed by atoms with Crippen molar-refractivity contribution in [3.8, 4) is 0 Å². The molecule has 2 aromatic rings. The lowest BCUT2D eigenvalue weighted by Gasteiger charge is -2.07. The lowest BCUT2D eigenvalue weighted by atomic mass is 10.1. The highest BCUT2D eigenvalue weighted by molar-refractivity contribution is 7.15. The Morgan fingerprint density at radius 2 is 2.00 bits per heavy atom. The predicted molar refractivity (Wildman–Crippen MR) is 68.0 cm³/mol. The van der Waals surface area contributed by atoms with Crippen LogP contribution >= 0.6 is 23.7 Å². The number of hydrogen-bond acceptors (Lipinski definition) is 3. The first-order chi connectivity index (χ1) is 7.95. The highest BCUT2D eigenvalue weighted by Crippen LogP contribution is 2.30. The van der Waals surface area contributed by atoms with Gasteiger partial charge in [0.25, 0.3) is 0 Å². The summed E-state index contributed by atoms with van der Waals surface area (Å²) >= 11 is 1.28. The van der Waals surface area contributed by atoms with E-state index in [1.807, 2.05) is 0 Å². The van der Waals surface area contributed by atoms with Crippen LogP contribution in [0.5, 0.6) is 0 Å². The summed E-state index contributed by atoms with van der Waals surface area (Å²) in [4.78, 5) is 4.71. The van der Waals surface area contributed by atoms with Gasteiger partial charge >= 0.3 is 6.18 Å². The van der Waals surface area contributed by atoms with Crippen LogP contribution in [0.4, 0.5) is 18.3 Å². The van der Waals surface area contributed by atoms with Crippen molar-refractivity contribution in [3.63, 3.8) is 0 Å². The van der Waals surface area contributed by atoms with Gasteiger partial charge in [-0.3, -0.25) is 0 Å². The van der Waals surface area contributed by atoms with Crippen LogP contribution in [0.25, 0.3) is 0 Å². The zero-order valence-corrected chi connectivity index (χ0v) is 10.7. The SMILES string of the molecule is Cl.Nc1ncc(Cc2cccc(C(F)(F)F)c2)s1. The van der Waals surface area contributed by atoms with Crippen LogP contribution in [-0.4, -0.2) is 4.98 Å². The number of aromatic nitrogens is 1. The van der Waals surface area contributed by atoms with Gasteiger partial charge in [-0.2, -0.15) is 13.2 Å². The number of alkyl halides is 3. The van der Waals surface area contributed by atoms with Crippen LogP contribution in [0.2, 0.25) is 0 Å². The summed E-state index contributed by atoms with van der Waals surface area (Å²) in [7, 11) is 0. The van der Waals surface area contributed by atoms with Gasteiger partial charge in [-0.15, -0.1) is 23.7 Å². The molecular formula is C11H10ClF3N2S. The van der Waals surface area contributed by atoms with Gasteiger partial charge in [0.1, 0.15) is 0 Å². The molecule has 0 aliphatic rings. The molecule has 0 saturated heterocycles. The molecule has 0 atom stereocenters. The van der Waals surface area contributed by atoms with Crippen LogP contribution in [0.1, 0.15) is 16.0 Å². The van der Waals surface area contributed by atoms with E-state index in [2.05, 4.69) is 4.98 Å².